The molecule has 2 rings (SSSR count). The predicted octanol–water partition coefficient (Wildman–Crippen LogP) is 2.29. The van der Waals surface area contributed by atoms with Gasteiger partial charge in [-0.25, -0.2) is 4.79 Å². The van der Waals surface area contributed by atoms with Crippen LogP contribution in [0.5, 0.6) is 0 Å². The maximum absolute atomic E-state index is 11.7. The van der Waals surface area contributed by atoms with Gasteiger partial charge in [-0.3, -0.25) is 4.79 Å². The monoisotopic (exact) mass is 356 g/mol. The zero-order valence-corrected chi connectivity index (χ0v) is 14.4. The molecule has 0 saturated carbocycles. The van der Waals surface area contributed by atoms with Crippen LogP contribution < -0.4 is 16.4 Å². The number of carboxylic acids is 1. The van der Waals surface area contributed by atoms with Crippen molar-refractivity contribution in [2.75, 3.05) is 10.6 Å². The van der Waals surface area contributed by atoms with E-state index in [2.05, 4.69) is 15.8 Å². The third kappa shape index (κ3) is 4.50. The lowest BCUT2D eigenvalue weighted by Crippen LogP contribution is -2.21. The second kappa shape index (κ2) is 8.02. The van der Waals surface area contributed by atoms with Crippen molar-refractivity contribution < 1.29 is 19.9 Å². The molecule has 136 valence electrons. The number of hydrogen-bond donors (Lipinski definition) is 5. The summed E-state index contributed by atoms with van der Waals surface area (Å²) in [5.74, 6) is -1.34. The number of nitrogens with zero attached hydrogens (tertiary/aromatic N) is 1. The standard InChI is InChI=1S/C18H20N4O4/c1-10-3-4-13(9-15(10)20-11(2)23)16(18(24)25)21-14-7-5-12(6-8-14)17(19)22-26/h3-9,16,21,26H,1-2H3,(H2,19,22)(H,20,23)(H,24,25). The summed E-state index contributed by atoms with van der Waals surface area (Å²) >= 11 is 0. The topological polar surface area (TPSA) is 137 Å². The summed E-state index contributed by atoms with van der Waals surface area (Å²) in [5, 5.41) is 26.8. The summed E-state index contributed by atoms with van der Waals surface area (Å²) in [4.78, 5) is 23.0. The average molecular weight is 356 g/mol. The number of carboxylic acid groups (broad SMARTS) is 1. The van der Waals surface area contributed by atoms with Gasteiger partial charge in [0.15, 0.2) is 11.9 Å². The van der Waals surface area contributed by atoms with Crippen molar-refractivity contribution in [1.29, 1.82) is 0 Å². The minimum absolute atomic E-state index is 0.0372. The zero-order valence-electron chi connectivity index (χ0n) is 14.4. The maximum atomic E-state index is 11.7. The first-order chi connectivity index (χ1) is 12.3. The van der Waals surface area contributed by atoms with E-state index in [4.69, 9.17) is 10.9 Å². The highest BCUT2D eigenvalue weighted by atomic mass is 16.4. The van der Waals surface area contributed by atoms with Crippen LogP contribution in [-0.4, -0.2) is 28.0 Å². The number of rotatable bonds is 6. The van der Waals surface area contributed by atoms with E-state index in [0.717, 1.165) is 5.56 Å². The molecule has 2 aromatic carbocycles. The lowest BCUT2D eigenvalue weighted by atomic mass is 10.0. The van der Waals surface area contributed by atoms with E-state index in [1.807, 2.05) is 6.92 Å². The van der Waals surface area contributed by atoms with Gasteiger partial charge < -0.3 is 26.7 Å². The van der Waals surface area contributed by atoms with Crippen molar-refractivity contribution in [2.45, 2.75) is 19.9 Å². The third-order valence-electron chi connectivity index (χ3n) is 3.75. The Hall–Kier alpha value is -3.55. The van der Waals surface area contributed by atoms with E-state index in [-0.39, 0.29) is 11.7 Å². The van der Waals surface area contributed by atoms with Crippen LogP contribution in [0.3, 0.4) is 0 Å². The Morgan fingerprint density at radius 3 is 2.35 bits per heavy atom. The van der Waals surface area contributed by atoms with Crippen molar-refractivity contribution in [2.24, 2.45) is 10.9 Å². The van der Waals surface area contributed by atoms with Crippen LogP contribution in [0.4, 0.5) is 11.4 Å². The van der Waals surface area contributed by atoms with Crippen molar-refractivity contribution >= 4 is 29.1 Å². The molecule has 0 radical (unpaired) electrons. The van der Waals surface area contributed by atoms with E-state index >= 15 is 0 Å². The molecule has 0 fully saturated rings. The minimum atomic E-state index is -1.07. The number of hydrogen-bond acceptors (Lipinski definition) is 5. The van der Waals surface area contributed by atoms with Gasteiger partial charge in [-0.05, 0) is 48.4 Å². The van der Waals surface area contributed by atoms with Gasteiger partial charge in [0.25, 0.3) is 0 Å². The molecule has 1 amide bonds. The Morgan fingerprint density at radius 2 is 1.81 bits per heavy atom. The summed E-state index contributed by atoms with van der Waals surface area (Å²) < 4.78 is 0. The van der Waals surface area contributed by atoms with Crippen LogP contribution in [0.2, 0.25) is 0 Å². The average Bonchev–Trinajstić information content (AvgIpc) is 2.61. The van der Waals surface area contributed by atoms with Gasteiger partial charge in [-0.2, -0.15) is 0 Å². The maximum Gasteiger partial charge on any atom is 0.330 e. The third-order valence-corrected chi connectivity index (χ3v) is 3.75. The molecule has 1 atom stereocenters. The Kier molecular flexibility index (Phi) is 5.79. The Bertz CT molecular complexity index is 847. The SMILES string of the molecule is CC(=O)Nc1cc(C(Nc2ccc(/C(N)=N\O)cc2)C(=O)O)ccc1C. The van der Waals surface area contributed by atoms with E-state index < -0.39 is 12.0 Å². The van der Waals surface area contributed by atoms with Crippen LogP contribution in [0.25, 0.3) is 0 Å². The highest BCUT2D eigenvalue weighted by Gasteiger charge is 2.20. The number of aliphatic carboxylic acids is 1. The van der Waals surface area contributed by atoms with Gasteiger partial charge in [0.1, 0.15) is 0 Å². The number of benzene rings is 2. The summed E-state index contributed by atoms with van der Waals surface area (Å²) in [6.07, 6.45) is 0. The second-order valence-electron chi connectivity index (χ2n) is 5.73. The lowest BCUT2D eigenvalue weighted by molar-refractivity contribution is -0.138. The van der Waals surface area contributed by atoms with Gasteiger partial charge >= 0.3 is 5.97 Å². The van der Waals surface area contributed by atoms with E-state index in [1.165, 1.54) is 6.92 Å². The van der Waals surface area contributed by atoms with E-state index in [1.54, 1.807) is 42.5 Å². The molecule has 8 heteroatoms. The molecule has 6 N–H and O–H groups in total. The van der Waals surface area contributed by atoms with Crippen LogP contribution >= 0.6 is 0 Å². The smallest absolute Gasteiger partial charge is 0.330 e. The molecule has 8 nitrogen and oxygen atoms in total. The van der Waals surface area contributed by atoms with Crippen LogP contribution in [0.1, 0.15) is 29.7 Å². The van der Waals surface area contributed by atoms with E-state index in [0.29, 0.717) is 22.5 Å². The Labute approximate surface area is 150 Å². The number of amidine groups is 1. The van der Waals surface area contributed by atoms with Gasteiger partial charge in [-0.1, -0.05) is 17.3 Å². The fraction of sp³-hybridized carbons (Fsp3) is 0.167. The molecular weight excluding hydrogens is 336 g/mol. The number of anilines is 2. The molecule has 0 aromatic heterocycles. The van der Waals surface area contributed by atoms with Gasteiger partial charge in [0.05, 0.1) is 0 Å². The highest BCUT2D eigenvalue weighted by Crippen LogP contribution is 2.25. The van der Waals surface area contributed by atoms with Crippen molar-refractivity contribution in [3.05, 3.63) is 59.2 Å². The highest BCUT2D eigenvalue weighted by molar-refractivity contribution is 5.97. The number of nitrogens with two attached hydrogens (primary N) is 1. The number of oxime groups is 1. The van der Waals surface area contributed by atoms with Gasteiger partial charge in [0, 0.05) is 23.9 Å². The summed E-state index contributed by atoms with van der Waals surface area (Å²) in [6.45, 7) is 3.21. The lowest BCUT2D eigenvalue weighted by Gasteiger charge is -2.18. The molecule has 0 bridgehead atoms. The zero-order chi connectivity index (χ0) is 19.3. The molecule has 0 heterocycles. The predicted molar refractivity (Wildman–Crippen MR) is 98.4 cm³/mol. The van der Waals surface area contributed by atoms with Crippen LogP contribution in [0.15, 0.2) is 47.6 Å². The molecule has 26 heavy (non-hydrogen) atoms. The van der Waals surface area contributed by atoms with Crippen molar-refractivity contribution in [3.8, 4) is 0 Å². The number of carbonyl (C=O) groups excluding carboxylic acids is 1. The number of carbonyl (C=O) groups is 2. The molecular formula is C18H20N4O4. The van der Waals surface area contributed by atoms with Crippen LogP contribution in [-0.2, 0) is 9.59 Å². The largest absolute Gasteiger partial charge is 0.479 e. The number of aryl methyl sites for hydroxylation is 1. The number of amides is 1. The van der Waals surface area contributed by atoms with Gasteiger partial charge in [0.2, 0.25) is 5.91 Å². The minimum Gasteiger partial charge on any atom is -0.479 e. The van der Waals surface area contributed by atoms with E-state index in [9.17, 15) is 14.7 Å². The summed E-state index contributed by atoms with van der Waals surface area (Å²) in [5.41, 5.74) is 8.45. The molecule has 0 aliphatic rings. The summed E-state index contributed by atoms with van der Waals surface area (Å²) in [6, 6.07) is 10.5. The molecule has 0 aliphatic carbocycles. The molecule has 0 aliphatic heterocycles. The normalized spacial score (nSPS) is 12.3. The first-order valence-corrected chi connectivity index (χ1v) is 7.77. The second-order valence-corrected chi connectivity index (χ2v) is 5.73. The molecule has 0 spiro atoms. The fourth-order valence-electron chi connectivity index (χ4n) is 2.39. The molecule has 2 aromatic rings. The van der Waals surface area contributed by atoms with Gasteiger partial charge in [-0.15, -0.1) is 0 Å². The molecule has 0 saturated heterocycles. The number of nitrogens with one attached hydrogen (secondary N) is 2. The fourth-order valence-corrected chi connectivity index (χ4v) is 2.39. The summed E-state index contributed by atoms with van der Waals surface area (Å²) in [7, 11) is 0. The Morgan fingerprint density at radius 1 is 1.15 bits per heavy atom. The van der Waals surface area contributed by atoms with Crippen LogP contribution in [0, 0.1) is 6.92 Å². The van der Waals surface area contributed by atoms with Crippen molar-refractivity contribution in [3.63, 3.8) is 0 Å². The first kappa shape index (κ1) is 18.8. The van der Waals surface area contributed by atoms with Crippen molar-refractivity contribution in [1.82, 2.24) is 0 Å². The first-order valence-electron chi connectivity index (χ1n) is 7.77. The molecule has 1 unspecified atom stereocenters. The quantitative estimate of drug-likeness (QED) is 0.233. The Balaban J connectivity index is 2.29.